The molecule has 188 valence electrons. The number of fused-ring (bicyclic) bond motifs is 1. The standard InChI is InChI=1S/C29H38ClN3O2/c1-5-8-12-20-32(28(34)22(7-3)13-9-6-2)21(4)27-31-26-15-11-10-14-25(26)29(35)33(27)24-18-16-23(30)17-19-24/h10-11,14-19,21-22H,5-9,12-13,20H2,1-4H3. The lowest BCUT2D eigenvalue weighted by Gasteiger charge is -2.33. The van der Waals surface area contributed by atoms with Gasteiger partial charge >= 0.3 is 0 Å². The van der Waals surface area contributed by atoms with Crippen LogP contribution < -0.4 is 5.56 Å². The highest BCUT2D eigenvalue weighted by atomic mass is 35.5. The van der Waals surface area contributed by atoms with Gasteiger partial charge in [0.05, 0.1) is 22.6 Å². The average Bonchev–Trinajstić information content (AvgIpc) is 2.87. The Bertz CT molecular complexity index is 1170. The van der Waals surface area contributed by atoms with Crippen LogP contribution in [0.1, 0.15) is 84.5 Å². The van der Waals surface area contributed by atoms with Gasteiger partial charge in [-0.05, 0) is 62.6 Å². The molecule has 3 aromatic rings. The van der Waals surface area contributed by atoms with Crippen molar-refractivity contribution in [2.24, 2.45) is 5.92 Å². The van der Waals surface area contributed by atoms with Crippen LogP contribution in [0.4, 0.5) is 0 Å². The molecular formula is C29H38ClN3O2. The van der Waals surface area contributed by atoms with Crippen molar-refractivity contribution in [2.75, 3.05) is 6.54 Å². The summed E-state index contributed by atoms with van der Waals surface area (Å²) >= 11 is 6.14. The van der Waals surface area contributed by atoms with E-state index in [2.05, 4.69) is 20.8 Å². The van der Waals surface area contributed by atoms with Gasteiger partial charge in [-0.25, -0.2) is 4.98 Å². The van der Waals surface area contributed by atoms with E-state index in [-0.39, 0.29) is 23.4 Å². The molecule has 1 aromatic heterocycles. The van der Waals surface area contributed by atoms with Gasteiger partial charge in [0.1, 0.15) is 5.82 Å². The van der Waals surface area contributed by atoms with E-state index in [9.17, 15) is 9.59 Å². The van der Waals surface area contributed by atoms with Crippen LogP contribution in [0.5, 0.6) is 0 Å². The van der Waals surface area contributed by atoms with Crippen LogP contribution in [0.15, 0.2) is 53.3 Å². The zero-order chi connectivity index (χ0) is 25.4. The molecule has 2 unspecified atom stereocenters. The number of aromatic nitrogens is 2. The minimum atomic E-state index is -0.358. The molecule has 0 spiro atoms. The van der Waals surface area contributed by atoms with E-state index in [1.54, 1.807) is 22.8 Å². The number of amides is 1. The summed E-state index contributed by atoms with van der Waals surface area (Å²) in [6.45, 7) is 9.06. The summed E-state index contributed by atoms with van der Waals surface area (Å²) in [7, 11) is 0. The minimum Gasteiger partial charge on any atom is -0.333 e. The van der Waals surface area contributed by atoms with Gasteiger partial charge in [0.15, 0.2) is 0 Å². The molecule has 0 saturated carbocycles. The summed E-state index contributed by atoms with van der Waals surface area (Å²) in [6, 6.07) is 14.2. The molecule has 6 heteroatoms. The van der Waals surface area contributed by atoms with Crippen molar-refractivity contribution in [3.63, 3.8) is 0 Å². The van der Waals surface area contributed by atoms with Gasteiger partial charge in [0.2, 0.25) is 5.91 Å². The fourth-order valence-electron chi connectivity index (χ4n) is 4.62. The van der Waals surface area contributed by atoms with Crippen molar-refractivity contribution in [1.82, 2.24) is 14.5 Å². The van der Waals surface area contributed by atoms with Crippen molar-refractivity contribution in [3.8, 4) is 5.69 Å². The number of hydrogen-bond acceptors (Lipinski definition) is 3. The van der Waals surface area contributed by atoms with Crippen molar-refractivity contribution < 1.29 is 4.79 Å². The number of benzene rings is 2. The van der Waals surface area contributed by atoms with Gasteiger partial charge < -0.3 is 4.90 Å². The highest BCUT2D eigenvalue weighted by molar-refractivity contribution is 6.30. The molecule has 0 N–H and O–H groups in total. The largest absolute Gasteiger partial charge is 0.333 e. The minimum absolute atomic E-state index is 0.0183. The molecule has 3 rings (SSSR count). The Morgan fingerprint density at radius 3 is 2.34 bits per heavy atom. The zero-order valence-electron chi connectivity index (χ0n) is 21.5. The number of halogens is 1. The van der Waals surface area contributed by atoms with E-state index in [1.165, 1.54) is 0 Å². The second kappa shape index (κ2) is 12.9. The first-order chi connectivity index (χ1) is 16.9. The molecule has 0 aliphatic rings. The molecule has 2 aromatic carbocycles. The van der Waals surface area contributed by atoms with Gasteiger partial charge in [-0.2, -0.15) is 0 Å². The molecule has 0 radical (unpaired) electrons. The lowest BCUT2D eigenvalue weighted by atomic mass is 9.96. The predicted octanol–water partition coefficient (Wildman–Crippen LogP) is 7.34. The lowest BCUT2D eigenvalue weighted by Crippen LogP contribution is -2.41. The maximum absolute atomic E-state index is 13.8. The van der Waals surface area contributed by atoms with E-state index in [0.717, 1.165) is 44.9 Å². The number of carbonyl (C=O) groups is 1. The van der Waals surface area contributed by atoms with E-state index < -0.39 is 0 Å². The van der Waals surface area contributed by atoms with Crippen LogP contribution in [-0.4, -0.2) is 26.9 Å². The van der Waals surface area contributed by atoms with Crippen LogP contribution in [-0.2, 0) is 4.79 Å². The maximum Gasteiger partial charge on any atom is 0.266 e. The number of carbonyl (C=O) groups excluding carboxylic acids is 1. The highest BCUT2D eigenvalue weighted by Gasteiger charge is 2.30. The number of hydrogen-bond donors (Lipinski definition) is 0. The second-order valence-corrected chi connectivity index (χ2v) is 9.70. The van der Waals surface area contributed by atoms with E-state index in [0.29, 0.717) is 34.0 Å². The molecule has 0 saturated heterocycles. The summed E-state index contributed by atoms with van der Waals surface area (Å²) < 4.78 is 1.65. The van der Waals surface area contributed by atoms with Crippen LogP contribution >= 0.6 is 11.6 Å². The Morgan fingerprint density at radius 1 is 1.00 bits per heavy atom. The number of rotatable bonds is 12. The number of nitrogens with zero attached hydrogens (tertiary/aromatic N) is 3. The Hall–Kier alpha value is -2.66. The van der Waals surface area contributed by atoms with Gasteiger partial charge in [-0.15, -0.1) is 0 Å². The lowest BCUT2D eigenvalue weighted by molar-refractivity contribution is -0.138. The van der Waals surface area contributed by atoms with Gasteiger partial charge in [0.25, 0.3) is 5.56 Å². The van der Waals surface area contributed by atoms with Crippen LogP contribution in [0.25, 0.3) is 16.6 Å². The quantitative estimate of drug-likeness (QED) is 0.247. The van der Waals surface area contributed by atoms with Crippen molar-refractivity contribution in [2.45, 2.75) is 78.7 Å². The fourth-order valence-corrected chi connectivity index (χ4v) is 4.75. The summed E-state index contributed by atoms with van der Waals surface area (Å²) in [5.74, 6) is 0.719. The maximum atomic E-state index is 13.8. The first-order valence-corrected chi connectivity index (χ1v) is 13.4. The van der Waals surface area contributed by atoms with Gasteiger partial charge in [0, 0.05) is 17.5 Å². The zero-order valence-corrected chi connectivity index (χ0v) is 22.2. The van der Waals surface area contributed by atoms with Crippen LogP contribution in [0.2, 0.25) is 5.02 Å². The smallest absolute Gasteiger partial charge is 0.266 e. The van der Waals surface area contributed by atoms with Crippen LogP contribution in [0, 0.1) is 5.92 Å². The monoisotopic (exact) mass is 495 g/mol. The van der Waals surface area contributed by atoms with Crippen molar-refractivity contribution >= 4 is 28.4 Å². The molecule has 0 aliphatic carbocycles. The first kappa shape index (κ1) is 26.9. The van der Waals surface area contributed by atoms with E-state index in [1.807, 2.05) is 42.2 Å². The third-order valence-corrected chi connectivity index (χ3v) is 7.01. The van der Waals surface area contributed by atoms with E-state index in [4.69, 9.17) is 16.6 Å². The molecule has 2 atom stereocenters. The molecule has 1 amide bonds. The molecule has 0 bridgehead atoms. The van der Waals surface area contributed by atoms with Crippen molar-refractivity contribution in [1.29, 1.82) is 0 Å². The SMILES string of the molecule is CCCCCN(C(=O)C(CC)CCCC)C(C)c1nc2ccccc2c(=O)n1-c1ccc(Cl)cc1. The topological polar surface area (TPSA) is 55.2 Å². The Morgan fingerprint density at radius 2 is 1.69 bits per heavy atom. The third-order valence-electron chi connectivity index (χ3n) is 6.76. The number of unbranched alkanes of at least 4 members (excludes halogenated alkanes) is 3. The second-order valence-electron chi connectivity index (χ2n) is 9.27. The third kappa shape index (κ3) is 6.32. The van der Waals surface area contributed by atoms with E-state index >= 15 is 0 Å². The molecule has 0 aliphatic heterocycles. The summed E-state index contributed by atoms with van der Waals surface area (Å²) in [5.41, 5.74) is 1.20. The Balaban J connectivity index is 2.15. The number of para-hydroxylation sites is 1. The van der Waals surface area contributed by atoms with Crippen molar-refractivity contribution in [3.05, 3.63) is 69.7 Å². The summed E-state index contributed by atoms with van der Waals surface area (Å²) in [4.78, 5) is 34.4. The Kier molecular flexibility index (Phi) is 9.91. The average molecular weight is 496 g/mol. The predicted molar refractivity (Wildman–Crippen MR) is 145 cm³/mol. The highest BCUT2D eigenvalue weighted by Crippen LogP contribution is 2.27. The van der Waals surface area contributed by atoms with Gasteiger partial charge in [-0.3, -0.25) is 14.2 Å². The Labute approximate surface area is 214 Å². The molecular weight excluding hydrogens is 458 g/mol. The molecule has 5 nitrogen and oxygen atoms in total. The normalized spacial score (nSPS) is 13.1. The summed E-state index contributed by atoms with van der Waals surface area (Å²) in [6.07, 6.45) is 6.85. The molecule has 1 heterocycles. The first-order valence-electron chi connectivity index (χ1n) is 13.0. The van der Waals surface area contributed by atoms with Crippen LogP contribution in [0.3, 0.4) is 0 Å². The fraction of sp³-hybridized carbons (Fsp3) is 0.483. The molecule has 0 fully saturated rings. The van der Waals surface area contributed by atoms with Gasteiger partial charge in [-0.1, -0.05) is 70.2 Å². The molecule has 35 heavy (non-hydrogen) atoms. The summed E-state index contributed by atoms with van der Waals surface area (Å²) in [5, 5.41) is 1.15.